The zero-order chi connectivity index (χ0) is 50.2. The molecular formula is C51H80N10O7. The molecule has 0 bridgehead atoms. The number of nitrogens with one attached hydrogen (secondary N) is 6. The first-order chi connectivity index (χ1) is 32.1. The van der Waals surface area contributed by atoms with Crippen molar-refractivity contribution in [2.75, 3.05) is 66.5 Å². The molecule has 2 heterocycles. The number of carbonyl (C=O) groups is 7. The molecule has 0 radical (unpaired) electrons. The van der Waals surface area contributed by atoms with Gasteiger partial charge in [-0.15, -0.1) is 0 Å². The number of likely N-dealkylation sites (N-methyl/N-ethyl adjacent to an activating group) is 2. The Bertz CT molecular complexity index is 1850. The van der Waals surface area contributed by atoms with E-state index < -0.39 is 41.0 Å². The van der Waals surface area contributed by atoms with Gasteiger partial charge in [0.15, 0.2) is 0 Å². The van der Waals surface area contributed by atoms with Gasteiger partial charge in [-0.25, -0.2) is 4.79 Å². The largest absolute Gasteiger partial charge is 0.342 e. The molecule has 376 valence electrons. The van der Waals surface area contributed by atoms with E-state index in [0.717, 1.165) is 24.0 Å². The first-order valence-electron chi connectivity index (χ1n) is 24.4. The minimum Gasteiger partial charge on any atom is -0.342 e. The van der Waals surface area contributed by atoms with Crippen molar-refractivity contribution >= 4 is 41.5 Å². The topological polar surface area (TPSA) is 205 Å². The molecule has 68 heavy (non-hydrogen) atoms. The highest BCUT2D eigenvalue weighted by atomic mass is 16.2. The Morgan fingerprint density at radius 3 is 1.26 bits per heavy atom. The second-order valence-corrected chi connectivity index (χ2v) is 20.5. The zero-order valence-electron chi connectivity index (χ0n) is 42.3. The molecule has 2 aromatic rings. The fraction of sp³-hybridized carbons (Fsp3) is 0.627. The summed E-state index contributed by atoms with van der Waals surface area (Å²) >= 11 is 0. The number of urea groups is 1. The van der Waals surface area contributed by atoms with Gasteiger partial charge in [-0.05, 0) is 88.4 Å². The van der Waals surface area contributed by atoms with Crippen molar-refractivity contribution in [1.82, 2.24) is 51.5 Å². The molecule has 17 nitrogen and oxygen atoms in total. The molecule has 4 rings (SSSR count). The van der Waals surface area contributed by atoms with Crippen molar-refractivity contribution in [2.24, 2.45) is 10.8 Å². The molecule has 8 amide bonds. The number of carbonyl (C=O) groups excluding carboxylic acids is 7. The van der Waals surface area contributed by atoms with Gasteiger partial charge in [0, 0.05) is 51.4 Å². The highest BCUT2D eigenvalue weighted by Gasteiger charge is 2.42. The van der Waals surface area contributed by atoms with Crippen LogP contribution < -0.4 is 31.9 Å². The van der Waals surface area contributed by atoms with E-state index in [1.54, 1.807) is 47.5 Å². The van der Waals surface area contributed by atoms with Crippen molar-refractivity contribution in [2.45, 2.75) is 130 Å². The van der Waals surface area contributed by atoms with Crippen LogP contribution in [0.25, 0.3) is 0 Å². The van der Waals surface area contributed by atoms with Crippen LogP contribution >= 0.6 is 0 Å². The lowest BCUT2D eigenvalue weighted by atomic mass is 9.85. The van der Waals surface area contributed by atoms with Gasteiger partial charge in [0.2, 0.25) is 35.4 Å². The van der Waals surface area contributed by atoms with E-state index in [-0.39, 0.29) is 73.7 Å². The Hall–Kier alpha value is -5.55. The smallest absolute Gasteiger partial charge is 0.315 e. The number of hydrogen-bond donors (Lipinski definition) is 6. The van der Waals surface area contributed by atoms with Gasteiger partial charge in [-0.3, -0.25) is 28.8 Å². The van der Waals surface area contributed by atoms with Gasteiger partial charge in [0.25, 0.3) is 0 Å². The minimum absolute atomic E-state index is 0.197. The molecule has 2 fully saturated rings. The number of hydrogen-bond acceptors (Lipinski definition) is 9. The second kappa shape index (κ2) is 25.7. The molecule has 0 aliphatic carbocycles. The van der Waals surface area contributed by atoms with Crippen LogP contribution in [-0.4, -0.2) is 164 Å². The third kappa shape index (κ3) is 16.3. The third-order valence-corrected chi connectivity index (χ3v) is 13.2. The average molecular weight is 945 g/mol. The summed E-state index contributed by atoms with van der Waals surface area (Å²) in [4.78, 5) is 103. The molecule has 2 saturated heterocycles. The Morgan fingerprint density at radius 2 is 0.941 bits per heavy atom. The van der Waals surface area contributed by atoms with Crippen molar-refractivity contribution in [3.05, 3.63) is 71.8 Å². The maximum atomic E-state index is 14.2. The van der Waals surface area contributed by atoms with E-state index in [9.17, 15) is 33.6 Å². The summed E-state index contributed by atoms with van der Waals surface area (Å²) in [7, 11) is 3.38. The van der Waals surface area contributed by atoms with E-state index >= 15 is 0 Å². The Balaban J connectivity index is 1.44. The van der Waals surface area contributed by atoms with Crippen LogP contribution in [0.2, 0.25) is 0 Å². The van der Waals surface area contributed by atoms with Crippen LogP contribution in [0.15, 0.2) is 60.7 Å². The summed E-state index contributed by atoms with van der Waals surface area (Å²) in [5.41, 5.74) is 0.907. The number of likely N-dealkylation sites (tertiary alicyclic amines) is 2. The predicted octanol–water partition coefficient (Wildman–Crippen LogP) is 2.69. The molecule has 0 spiro atoms. The van der Waals surface area contributed by atoms with E-state index in [0.29, 0.717) is 51.9 Å². The van der Waals surface area contributed by atoms with Gasteiger partial charge in [0.1, 0.15) is 12.1 Å². The van der Waals surface area contributed by atoms with Gasteiger partial charge in [-0.1, -0.05) is 102 Å². The first-order valence-corrected chi connectivity index (χ1v) is 24.4. The summed E-state index contributed by atoms with van der Waals surface area (Å²) in [5.74, 6) is -1.63. The molecule has 6 N–H and O–H groups in total. The Kier molecular flexibility index (Phi) is 20.8. The highest BCUT2D eigenvalue weighted by Crippen LogP contribution is 2.28. The number of rotatable bonds is 22. The summed E-state index contributed by atoms with van der Waals surface area (Å²) in [6, 6.07) is 15.7. The molecule has 17 heteroatoms. The normalized spacial score (nSPS) is 17.9. The third-order valence-electron chi connectivity index (χ3n) is 13.2. The van der Waals surface area contributed by atoms with Gasteiger partial charge < -0.3 is 51.5 Å². The SMILES string of the molecule is CN[C@@H](C)C(=O)N[C@H](C(=O)N1CCC[C@H]1CN(CCc1ccccc1)C(=O)CNC(=O)NCC(=O)N(CCc1ccccc1)C[C@@H]1CCCN1C(=O)[C@@H](NC(=O)[C@H](C)NC)C(C)(C)C)C(C)(C)C. The summed E-state index contributed by atoms with van der Waals surface area (Å²) in [6.07, 6.45) is 3.94. The molecular weight excluding hydrogens is 865 g/mol. The van der Waals surface area contributed by atoms with Crippen LogP contribution in [0.1, 0.15) is 92.2 Å². The van der Waals surface area contributed by atoms with E-state index in [4.69, 9.17) is 0 Å². The maximum Gasteiger partial charge on any atom is 0.315 e. The molecule has 0 unspecified atom stereocenters. The van der Waals surface area contributed by atoms with Crippen LogP contribution in [0.4, 0.5) is 4.79 Å². The highest BCUT2D eigenvalue weighted by molar-refractivity contribution is 5.92. The van der Waals surface area contributed by atoms with Crippen molar-refractivity contribution in [3.63, 3.8) is 0 Å². The molecule has 2 aliphatic heterocycles. The molecule has 2 aromatic carbocycles. The van der Waals surface area contributed by atoms with E-state index in [1.165, 1.54) is 0 Å². The summed E-state index contributed by atoms with van der Waals surface area (Å²) in [5, 5.41) is 17.1. The predicted molar refractivity (Wildman–Crippen MR) is 264 cm³/mol. The zero-order valence-corrected chi connectivity index (χ0v) is 42.3. The van der Waals surface area contributed by atoms with Crippen LogP contribution in [0.3, 0.4) is 0 Å². The number of amides is 8. The van der Waals surface area contributed by atoms with E-state index in [1.807, 2.05) is 102 Å². The molecule has 0 aromatic heterocycles. The summed E-state index contributed by atoms with van der Waals surface area (Å²) in [6.45, 7) is 16.4. The lowest BCUT2D eigenvalue weighted by molar-refractivity contribution is -0.142. The average Bonchev–Trinajstić information content (AvgIpc) is 3.99. The maximum absolute atomic E-state index is 14.2. The molecule has 0 saturated carbocycles. The number of nitrogens with zero attached hydrogens (tertiary/aromatic N) is 4. The fourth-order valence-corrected chi connectivity index (χ4v) is 8.62. The Labute approximate surface area is 404 Å². The minimum atomic E-state index is -0.783. The van der Waals surface area contributed by atoms with Crippen molar-refractivity contribution in [3.8, 4) is 0 Å². The van der Waals surface area contributed by atoms with Crippen LogP contribution in [-0.2, 0) is 41.6 Å². The lowest BCUT2D eigenvalue weighted by Crippen LogP contribution is -2.59. The van der Waals surface area contributed by atoms with Gasteiger partial charge in [-0.2, -0.15) is 0 Å². The van der Waals surface area contributed by atoms with Crippen LogP contribution in [0, 0.1) is 10.8 Å². The Morgan fingerprint density at radius 1 is 0.588 bits per heavy atom. The molecule has 2 aliphatic rings. The number of benzene rings is 2. The standard InChI is InChI=1S/C51H80N10O7/c1-35(52-9)45(64)56-43(50(3,4)5)47(66)60-27-17-23-39(60)33-58(29-25-37-19-13-11-14-20-37)41(62)31-54-49(68)55-32-42(63)59(30-26-38-21-15-12-16-22-38)34-40-24-18-28-61(40)48(67)44(51(6,7)8)57-46(65)36(2)53-10/h11-16,19-22,35-36,39-40,43-44,52-53H,17-18,23-34H2,1-10H3,(H,56,64)(H,57,65)(H2,54,55,68)/t35-,36-,39-,40-,43+,44+/m0/s1. The molecule has 6 atom stereocenters. The summed E-state index contributed by atoms with van der Waals surface area (Å²) < 4.78 is 0. The first kappa shape index (κ1) is 55.0. The van der Waals surface area contributed by atoms with Crippen LogP contribution in [0.5, 0.6) is 0 Å². The van der Waals surface area contributed by atoms with Gasteiger partial charge >= 0.3 is 6.03 Å². The fourth-order valence-electron chi connectivity index (χ4n) is 8.62. The van der Waals surface area contributed by atoms with Gasteiger partial charge in [0.05, 0.1) is 25.2 Å². The second-order valence-electron chi connectivity index (χ2n) is 20.5. The van der Waals surface area contributed by atoms with Crippen molar-refractivity contribution in [1.29, 1.82) is 0 Å². The van der Waals surface area contributed by atoms with E-state index in [2.05, 4.69) is 31.9 Å². The van der Waals surface area contributed by atoms with Crippen molar-refractivity contribution < 1.29 is 33.6 Å². The lowest BCUT2D eigenvalue weighted by Gasteiger charge is -2.37. The monoisotopic (exact) mass is 945 g/mol. The quantitative estimate of drug-likeness (QED) is 0.103.